The van der Waals surface area contributed by atoms with Crippen LogP contribution in [0.2, 0.25) is 0 Å². The lowest BCUT2D eigenvalue weighted by Gasteiger charge is -1.87. The highest BCUT2D eigenvalue weighted by atomic mass is 32.2. The molecule has 1 rings (SSSR count). The molecule has 1 aromatic heterocycles. The molecule has 11 heavy (non-hydrogen) atoms. The Morgan fingerprint density at radius 3 is 2.73 bits per heavy atom. The number of anilines is 1. The quantitative estimate of drug-likeness (QED) is 0.532. The zero-order valence-corrected chi connectivity index (χ0v) is 6.76. The van der Waals surface area contributed by atoms with E-state index < -0.39 is 10.9 Å². The van der Waals surface area contributed by atoms with Crippen molar-refractivity contribution in [3.8, 4) is 0 Å². The largest absolute Gasteiger partial charge is 0.311 e. The van der Waals surface area contributed by atoms with Crippen LogP contribution in [0, 0.1) is 0 Å². The van der Waals surface area contributed by atoms with Crippen LogP contribution in [0.4, 0.5) is 5.95 Å². The Balaban J connectivity index is 2.72. The Morgan fingerprint density at radius 1 is 1.55 bits per heavy atom. The number of aromatic amines is 1. The molecule has 2 N–H and O–H groups in total. The summed E-state index contributed by atoms with van der Waals surface area (Å²) in [6.45, 7) is 1.89. The van der Waals surface area contributed by atoms with Gasteiger partial charge >= 0.3 is 0 Å². The smallest absolute Gasteiger partial charge is 0.235 e. The Kier molecular flexibility index (Phi) is 2.42. The van der Waals surface area contributed by atoms with Gasteiger partial charge in [0.15, 0.2) is 0 Å². The second-order valence-corrected chi connectivity index (χ2v) is 2.58. The first-order valence-electron chi connectivity index (χ1n) is 3.05. The summed E-state index contributed by atoms with van der Waals surface area (Å²) < 4.78 is 22.3. The molecule has 0 spiro atoms. The van der Waals surface area contributed by atoms with Gasteiger partial charge in [0.1, 0.15) is 5.82 Å². The Hall–Kier alpha value is -1.11. The summed E-state index contributed by atoms with van der Waals surface area (Å²) in [7, 11) is -2.65. The van der Waals surface area contributed by atoms with Crippen LogP contribution in [0.3, 0.4) is 0 Å². The summed E-state index contributed by atoms with van der Waals surface area (Å²) in [5, 5.41) is 7.18. The predicted molar refractivity (Wildman–Crippen MR) is 39.7 cm³/mol. The van der Waals surface area contributed by atoms with E-state index >= 15 is 0 Å². The average molecular weight is 176 g/mol. The zero-order valence-electron chi connectivity index (χ0n) is 5.87. The van der Waals surface area contributed by atoms with E-state index in [2.05, 4.69) is 19.9 Å². The van der Waals surface area contributed by atoms with Gasteiger partial charge in [-0.3, -0.25) is 4.72 Å². The van der Waals surface area contributed by atoms with Crippen molar-refractivity contribution in [2.45, 2.75) is 13.3 Å². The summed E-state index contributed by atoms with van der Waals surface area (Å²) in [6.07, 6.45) is 0.699. The first kappa shape index (κ1) is 7.99. The number of thiol groups is 1. The summed E-state index contributed by atoms with van der Waals surface area (Å²) >= 11 is 0. The standard InChI is InChI=1S/C4H8N4O2S/c1-2-3-5-4(7-6-3)8-11(9)10/h11H,2H2,1H3,(H2,5,6,7,8,9,10). The minimum absolute atomic E-state index is 0.165. The van der Waals surface area contributed by atoms with E-state index in [1.54, 1.807) is 0 Å². The summed E-state index contributed by atoms with van der Waals surface area (Å²) in [5.74, 6) is 0.822. The molecular formula is C4H8N4O2S. The van der Waals surface area contributed by atoms with E-state index in [-0.39, 0.29) is 5.95 Å². The number of hydrogen-bond acceptors (Lipinski definition) is 4. The lowest BCUT2D eigenvalue weighted by atomic mass is 10.5. The van der Waals surface area contributed by atoms with Gasteiger partial charge in [0.25, 0.3) is 0 Å². The number of nitrogens with zero attached hydrogens (tertiary/aromatic N) is 2. The number of nitrogens with one attached hydrogen (secondary N) is 2. The molecule has 0 bridgehead atoms. The van der Waals surface area contributed by atoms with E-state index in [0.717, 1.165) is 0 Å². The molecule has 1 aromatic rings. The van der Waals surface area contributed by atoms with Gasteiger partial charge in [0, 0.05) is 6.42 Å². The molecule has 7 heteroatoms. The highest BCUT2D eigenvalue weighted by Crippen LogP contribution is 1.97. The van der Waals surface area contributed by atoms with Crippen molar-refractivity contribution in [1.82, 2.24) is 15.2 Å². The lowest BCUT2D eigenvalue weighted by molar-refractivity contribution is 0.618. The van der Waals surface area contributed by atoms with E-state index in [9.17, 15) is 8.42 Å². The monoisotopic (exact) mass is 176 g/mol. The average Bonchev–Trinajstić information content (AvgIpc) is 2.34. The molecule has 0 radical (unpaired) electrons. The first-order valence-corrected chi connectivity index (χ1v) is 4.22. The van der Waals surface area contributed by atoms with Crippen molar-refractivity contribution >= 4 is 16.8 Å². The second kappa shape index (κ2) is 3.33. The van der Waals surface area contributed by atoms with E-state index in [1.165, 1.54) is 0 Å². The lowest BCUT2D eigenvalue weighted by Crippen LogP contribution is -1.96. The summed E-state index contributed by atoms with van der Waals surface area (Å²) in [5.41, 5.74) is 0. The van der Waals surface area contributed by atoms with Crippen molar-refractivity contribution in [2.75, 3.05) is 4.72 Å². The third-order valence-electron chi connectivity index (χ3n) is 1.07. The molecule has 0 amide bonds. The Labute approximate surface area is 65.1 Å². The van der Waals surface area contributed by atoms with Gasteiger partial charge < -0.3 is 4.98 Å². The number of rotatable bonds is 3. The topological polar surface area (TPSA) is 87.7 Å². The molecule has 0 aliphatic carbocycles. The van der Waals surface area contributed by atoms with Crippen LogP contribution >= 0.6 is 0 Å². The SMILES string of the molecule is CCc1nnc(N[SH](=O)=O)[nH]1. The van der Waals surface area contributed by atoms with Gasteiger partial charge in [0.2, 0.25) is 16.8 Å². The Bertz CT molecular complexity index is 297. The van der Waals surface area contributed by atoms with Gasteiger partial charge in [-0.25, -0.2) is 8.42 Å². The van der Waals surface area contributed by atoms with Crippen molar-refractivity contribution in [3.05, 3.63) is 5.82 Å². The fourth-order valence-corrected chi connectivity index (χ4v) is 0.866. The normalized spacial score (nSPS) is 10.4. The minimum Gasteiger partial charge on any atom is -0.311 e. The number of aryl methyl sites for hydroxylation is 1. The highest BCUT2D eigenvalue weighted by Gasteiger charge is 1.98. The van der Waals surface area contributed by atoms with Crippen LogP contribution in [0.25, 0.3) is 0 Å². The summed E-state index contributed by atoms with van der Waals surface area (Å²) in [4.78, 5) is 2.68. The van der Waals surface area contributed by atoms with Crippen molar-refractivity contribution in [1.29, 1.82) is 0 Å². The van der Waals surface area contributed by atoms with Crippen LogP contribution in [-0.2, 0) is 17.3 Å². The fraction of sp³-hybridized carbons (Fsp3) is 0.500. The number of hydrogen-bond donors (Lipinski definition) is 3. The third-order valence-corrected chi connectivity index (χ3v) is 1.46. The van der Waals surface area contributed by atoms with Crippen LogP contribution in [0.1, 0.15) is 12.7 Å². The highest BCUT2D eigenvalue weighted by molar-refractivity contribution is 7.73. The maximum absolute atomic E-state index is 10.1. The predicted octanol–water partition coefficient (Wildman–Crippen LogP) is -0.695. The molecule has 62 valence electrons. The molecule has 0 aliphatic heterocycles. The zero-order chi connectivity index (χ0) is 8.27. The second-order valence-electron chi connectivity index (χ2n) is 1.84. The number of aromatic nitrogens is 3. The van der Waals surface area contributed by atoms with Gasteiger partial charge in [-0.1, -0.05) is 6.92 Å². The maximum Gasteiger partial charge on any atom is 0.235 e. The molecule has 0 atom stereocenters. The van der Waals surface area contributed by atoms with Gasteiger partial charge in [-0.2, -0.15) is 0 Å². The minimum atomic E-state index is -2.65. The van der Waals surface area contributed by atoms with Gasteiger partial charge in [0.05, 0.1) is 0 Å². The number of H-pyrrole nitrogens is 1. The van der Waals surface area contributed by atoms with E-state index in [4.69, 9.17) is 0 Å². The van der Waals surface area contributed by atoms with Gasteiger partial charge in [-0.15, -0.1) is 10.2 Å². The van der Waals surface area contributed by atoms with Crippen LogP contribution in [-0.4, -0.2) is 23.6 Å². The van der Waals surface area contributed by atoms with E-state index in [1.807, 2.05) is 6.92 Å². The van der Waals surface area contributed by atoms with Crippen molar-refractivity contribution < 1.29 is 8.42 Å². The molecular weight excluding hydrogens is 168 g/mol. The van der Waals surface area contributed by atoms with Gasteiger partial charge in [-0.05, 0) is 0 Å². The molecule has 0 aliphatic rings. The van der Waals surface area contributed by atoms with Crippen LogP contribution < -0.4 is 4.72 Å². The molecule has 0 saturated heterocycles. The molecule has 6 nitrogen and oxygen atoms in total. The summed E-state index contributed by atoms with van der Waals surface area (Å²) in [6, 6.07) is 0. The van der Waals surface area contributed by atoms with Crippen LogP contribution in [0.15, 0.2) is 0 Å². The molecule has 1 heterocycles. The van der Waals surface area contributed by atoms with Crippen molar-refractivity contribution in [2.24, 2.45) is 0 Å². The molecule has 0 saturated carbocycles. The third kappa shape index (κ3) is 2.19. The van der Waals surface area contributed by atoms with E-state index in [0.29, 0.717) is 12.2 Å². The molecule has 0 fully saturated rings. The molecule has 0 aromatic carbocycles. The van der Waals surface area contributed by atoms with Crippen molar-refractivity contribution in [3.63, 3.8) is 0 Å². The fourth-order valence-electron chi connectivity index (χ4n) is 0.593. The van der Waals surface area contributed by atoms with Crippen LogP contribution in [0.5, 0.6) is 0 Å². The first-order chi connectivity index (χ1) is 5.22. The maximum atomic E-state index is 10.1. The molecule has 0 unspecified atom stereocenters. The Morgan fingerprint density at radius 2 is 2.27 bits per heavy atom.